The lowest BCUT2D eigenvalue weighted by atomic mass is 10.0. The maximum atomic E-state index is 11.4. The Bertz CT molecular complexity index is 148. The Kier molecular flexibility index (Phi) is 4.13. The molecule has 12 heavy (non-hydrogen) atoms. The minimum Gasteiger partial charge on any atom is -0.298 e. The van der Waals surface area contributed by atoms with Crippen LogP contribution < -0.4 is 0 Å². The maximum absolute atomic E-state index is 11.4. The van der Waals surface area contributed by atoms with Gasteiger partial charge >= 0.3 is 0 Å². The summed E-state index contributed by atoms with van der Waals surface area (Å²) in [4.78, 5) is 11.4. The lowest BCUT2D eigenvalue weighted by Crippen LogP contribution is -2.13. The largest absolute Gasteiger partial charge is 0.298 e. The van der Waals surface area contributed by atoms with E-state index >= 15 is 0 Å². The van der Waals surface area contributed by atoms with E-state index in [1.165, 1.54) is 0 Å². The van der Waals surface area contributed by atoms with Crippen LogP contribution in [0.25, 0.3) is 0 Å². The van der Waals surface area contributed by atoms with Gasteiger partial charge in [-0.15, -0.1) is 0 Å². The van der Waals surface area contributed by atoms with Crippen molar-refractivity contribution in [2.45, 2.75) is 19.1 Å². The molecule has 0 spiro atoms. The van der Waals surface area contributed by atoms with E-state index in [0.717, 1.165) is 5.92 Å². The van der Waals surface area contributed by atoms with Crippen LogP contribution in [-0.2, 0) is 4.79 Å². The van der Waals surface area contributed by atoms with Gasteiger partial charge in [-0.3, -0.25) is 4.79 Å². The summed E-state index contributed by atoms with van der Waals surface area (Å²) >= 11 is 1.69. The maximum Gasteiger partial charge on any atom is 0.150 e. The van der Waals surface area contributed by atoms with Gasteiger partial charge in [0, 0.05) is 5.92 Å². The minimum absolute atomic E-state index is 0.235. The normalized spacial score (nSPS) is 18.9. The van der Waals surface area contributed by atoms with Crippen molar-refractivity contribution < 1.29 is 4.79 Å². The van der Waals surface area contributed by atoms with Crippen molar-refractivity contribution in [3.8, 4) is 0 Å². The Labute approximate surface area is 79.3 Å². The fourth-order valence-electron chi connectivity index (χ4n) is 0.886. The smallest absolute Gasteiger partial charge is 0.150 e. The standard InChI is InChI=1S/C10H13OS/c1-8(2)12-7-10(11)9-5-3-4-6-9/h3-6,8H,7H2,1-2H3. The number of ketones is 1. The number of thioether (sulfide) groups is 1. The van der Waals surface area contributed by atoms with E-state index in [2.05, 4.69) is 13.8 Å². The predicted octanol–water partition coefficient (Wildman–Crippen LogP) is 2.10. The summed E-state index contributed by atoms with van der Waals surface area (Å²) in [5, 5.41) is 0.531. The Morgan fingerprint density at radius 3 is 2.50 bits per heavy atom. The molecule has 0 saturated heterocycles. The second-order valence-electron chi connectivity index (χ2n) is 2.96. The first kappa shape index (κ1) is 10.1. The highest BCUT2D eigenvalue weighted by atomic mass is 32.2. The molecule has 0 N–H and O–H groups in total. The highest BCUT2D eigenvalue weighted by Crippen LogP contribution is 2.25. The molecule has 0 aromatic carbocycles. The predicted molar refractivity (Wildman–Crippen MR) is 53.0 cm³/mol. The molecule has 2 heteroatoms. The third kappa shape index (κ3) is 3.18. The molecule has 5 radical (unpaired) electrons. The summed E-state index contributed by atoms with van der Waals surface area (Å²) in [7, 11) is 0. The number of hydrogen-bond donors (Lipinski definition) is 0. The van der Waals surface area contributed by atoms with Gasteiger partial charge in [0.2, 0.25) is 0 Å². The second-order valence-corrected chi connectivity index (χ2v) is 4.52. The highest BCUT2D eigenvalue weighted by molar-refractivity contribution is 8.00. The van der Waals surface area contributed by atoms with Crippen LogP contribution in [0.2, 0.25) is 0 Å². The molecular weight excluding hydrogens is 168 g/mol. The topological polar surface area (TPSA) is 17.1 Å². The molecule has 1 aliphatic carbocycles. The lowest BCUT2D eigenvalue weighted by Gasteiger charge is -2.07. The van der Waals surface area contributed by atoms with Gasteiger partial charge in [-0.05, 0) is 30.9 Å². The zero-order valence-corrected chi connectivity index (χ0v) is 8.23. The van der Waals surface area contributed by atoms with E-state index in [-0.39, 0.29) is 5.78 Å². The average molecular weight is 181 g/mol. The van der Waals surface area contributed by atoms with Crippen molar-refractivity contribution in [1.29, 1.82) is 0 Å². The van der Waals surface area contributed by atoms with Crippen LogP contribution >= 0.6 is 11.8 Å². The van der Waals surface area contributed by atoms with E-state index in [4.69, 9.17) is 0 Å². The molecule has 0 heterocycles. The first-order valence-corrected chi connectivity index (χ1v) is 5.11. The van der Waals surface area contributed by atoms with Gasteiger partial charge in [0.1, 0.15) is 0 Å². The van der Waals surface area contributed by atoms with Gasteiger partial charge in [0.05, 0.1) is 5.75 Å². The fraction of sp³-hybridized carbons (Fsp3) is 0.400. The number of Topliss-reactive ketones (excluding diaryl/α,β-unsaturated/α-hetero) is 1. The molecule has 1 saturated carbocycles. The number of carbonyl (C=O) groups is 1. The summed E-state index contributed by atoms with van der Waals surface area (Å²) in [5.41, 5.74) is 0. The Morgan fingerprint density at radius 2 is 2.00 bits per heavy atom. The van der Waals surface area contributed by atoms with Gasteiger partial charge in [0.25, 0.3) is 0 Å². The zero-order valence-electron chi connectivity index (χ0n) is 7.41. The molecule has 0 atom stereocenters. The summed E-state index contributed by atoms with van der Waals surface area (Å²) in [6.45, 7) is 4.20. The lowest BCUT2D eigenvalue weighted by molar-refractivity contribution is -0.114. The monoisotopic (exact) mass is 181 g/mol. The van der Waals surface area contributed by atoms with Crippen LogP contribution in [0, 0.1) is 31.6 Å². The van der Waals surface area contributed by atoms with E-state index in [9.17, 15) is 4.79 Å². The fourth-order valence-corrected chi connectivity index (χ4v) is 1.54. The van der Waals surface area contributed by atoms with Crippen molar-refractivity contribution in [1.82, 2.24) is 0 Å². The van der Waals surface area contributed by atoms with Gasteiger partial charge < -0.3 is 0 Å². The zero-order chi connectivity index (χ0) is 8.97. The van der Waals surface area contributed by atoms with Crippen molar-refractivity contribution >= 4 is 17.5 Å². The second kappa shape index (κ2) is 4.90. The Hall–Kier alpha value is 0.0200. The molecule has 0 aromatic rings. The molecule has 1 rings (SSSR count). The van der Waals surface area contributed by atoms with Crippen LogP contribution in [0.5, 0.6) is 0 Å². The van der Waals surface area contributed by atoms with Crippen LogP contribution in [-0.4, -0.2) is 16.8 Å². The van der Waals surface area contributed by atoms with Crippen molar-refractivity contribution in [3.05, 3.63) is 31.6 Å². The Balaban J connectivity index is 2.18. The molecule has 0 aromatic heterocycles. The number of rotatable bonds is 4. The van der Waals surface area contributed by atoms with E-state index in [0.29, 0.717) is 11.0 Å². The summed E-state index contributed by atoms with van der Waals surface area (Å²) in [5.74, 6) is 1.67. The number of hydrogen-bond acceptors (Lipinski definition) is 2. The molecule has 1 fully saturated rings. The van der Waals surface area contributed by atoms with Crippen LogP contribution in [0.15, 0.2) is 0 Å². The average Bonchev–Trinajstić information content (AvgIpc) is 2.51. The van der Waals surface area contributed by atoms with E-state index < -0.39 is 0 Å². The first-order chi connectivity index (χ1) is 5.70. The molecule has 0 bridgehead atoms. The summed E-state index contributed by atoms with van der Waals surface area (Å²) < 4.78 is 0. The minimum atomic E-state index is 0.235. The molecule has 0 aliphatic heterocycles. The van der Waals surface area contributed by atoms with Crippen LogP contribution in [0.1, 0.15) is 13.8 Å². The highest BCUT2D eigenvalue weighted by Gasteiger charge is 2.23. The number of carbonyl (C=O) groups excluding carboxylic acids is 1. The van der Waals surface area contributed by atoms with Gasteiger partial charge in [-0.25, -0.2) is 0 Å². The van der Waals surface area contributed by atoms with Crippen molar-refractivity contribution in [3.63, 3.8) is 0 Å². The molecule has 0 amide bonds. The molecule has 0 unspecified atom stereocenters. The van der Waals surface area contributed by atoms with Crippen molar-refractivity contribution in [2.75, 3.05) is 5.75 Å². The SMILES string of the molecule is CC(C)SCC(=O)[C]1[CH][CH][CH][CH]1. The van der Waals surface area contributed by atoms with Gasteiger partial charge in [-0.2, -0.15) is 11.8 Å². The van der Waals surface area contributed by atoms with Crippen LogP contribution in [0.3, 0.4) is 0 Å². The van der Waals surface area contributed by atoms with E-state index in [1.807, 2.05) is 25.7 Å². The molecule has 65 valence electrons. The Morgan fingerprint density at radius 1 is 1.42 bits per heavy atom. The quantitative estimate of drug-likeness (QED) is 0.660. The van der Waals surface area contributed by atoms with Crippen molar-refractivity contribution in [2.24, 2.45) is 0 Å². The molecule has 1 aliphatic rings. The third-order valence-electron chi connectivity index (χ3n) is 1.53. The van der Waals surface area contributed by atoms with Crippen LogP contribution in [0.4, 0.5) is 0 Å². The van der Waals surface area contributed by atoms with Gasteiger partial charge in [-0.1, -0.05) is 13.8 Å². The summed E-state index contributed by atoms with van der Waals surface area (Å²) in [6.07, 6.45) is 7.52. The van der Waals surface area contributed by atoms with Gasteiger partial charge in [0.15, 0.2) is 5.78 Å². The molecular formula is C10H13OS. The third-order valence-corrected chi connectivity index (χ3v) is 2.63. The van der Waals surface area contributed by atoms with E-state index in [1.54, 1.807) is 11.8 Å². The molecule has 1 nitrogen and oxygen atoms in total. The first-order valence-electron chi connectivity index (χ1n) is 4.06. The summed E-state index contributed by atoms with van der Waals surface area (Å²) in [6, 6.07) is 0.